The fraction of sp³-hybridized carbons (Fsp3) is 0.579. The summed E-state index contributed by atoms with van der Waals surface area (Å²) in [6, 6.07) is 0. The minimum Gasteiger partial charge on any atom is -0.478 e. The van der Waals surface area contributed by atoms with Crippen LogP contribution in [0.15, 0.2) is 12.4 Å². The van der Waals surface area contributed by atoms with Crippen LogP contribution >= 0.6 is 0 Å². The number of carbonyl (C=O) groups excluding carboxylic acids is 2. The molecule has 2 amide bonds. The van der Waals surface area contributed by atoms with Gasteiger partial charge in [0, 0.05) is 25.6 Å². The number of anilines is 2. The number of amides is 2. The number of unbranched alkanes of at least 4 members (excludes halogenated alkanes) is 1. The molecule has 1 fully saturated rings. The minimum atomic E-state index is -1.19. The fourth-order valence-corrected chi connectivity index (χ4v) is 3.32. The summed E-state index contributed by atoms with van der Waals surface area (Å²) in [5.41, 5.74) is 5.77. The van der Waals surface area contributed by atoms with Gasteiger partial charge in [0.15, 0.2) is 0 Å². The predicted octanol–water partition coefficient (Wildman–Crippen LogP) is 2.56. The van der Waals surface area contributed by atoms with Crippen molar-refractivity contribution in [2.45, 2.75) is 57.8 Å². The predicted molar refractivity (Wildman–Crippen MR) is 102 cm³/mol. The van der Waals surface area contributed by atoms with Crippen LogP contribution in [0.3, 0.4) is 0 Å². The number of carboxylic acids is 1. The largest absolute Gasteiger partial charge is 0.478 e. The Hall–Kier alpha value is -2.64. The van der Waals surface area contributed by atoms with E-state index in [1.165, 1.54) is 25.5 Å². The highest BCUT2D eigenvalue weighted by Gasteiger charge is 2.17. The molecule has 0 atom stereocenters. The van der Waals surface area contributed by atoms with Crippen molar-refractivity contribution >= 4 is 29.2 Å². The van der Waals surface area contributed by atoms with Crippen molar-refractivity contribution in [3.05, 3.63) is 18.0 Å². The molecule has 1 saturated carbocycles. The van der Waals surface area contributed by atoms with E-state index in [1.807, 2.05) is 0 Å². The Kier molecular flexibility index (Phi) is 8.03. The lowest BCUT2D eigenvalue weighted by atomic mass is 9.87. The van der Waals surface area contributed by atoms with E-state index < -0.39 is 5.97 Å². The Morgan fingerprint density at radius 3 is 2.56 bits per heavy atom. The van der Waals surface area contributed by atoms with Crippen molar-refractivity contribution < 1.29 is 19.5 Å². The standard InChI is InChI=1S/C19H28N4O4/c20-18-14(19(26)27)11-21-12-15(18)23-16(24)8-4-5-9-22-17(25)10-13-6-2-1-3-7-13/h11-13H,1-10H2,(H2,20,21)(H,22,25)(H,23,24)(H,26,27). The zero-order valence-electron chi connectivity index (χ0n) is 15.5. The van der Waals surface area contributed by atoms with Crippen LogP contribution in [0.4, 0.5) is 11.4 Å². The van der Waals surface area contributed by atoms with Crippen molar-refractivity contribution in [1.82, 2.24) is 10.3 Å². The minimum absolute atomic E-state index is 0.0131. The average Bonchev–Trinajstić information content (AvgIpc) is 2.63. The molecule has 0 spiro atoms. The first-order chi connectivity index (χ1) is 13.0. The molecule has 0 radical (unpaired) electrons. The van der Waals surface area contributed by atoms with Crippen molar-refractivity contribution in [1.29, 1.82) is 0 Å². The second-order valence-electron chi connectivity index (χ2n) is 7.02. The van der Waals surface area contributed by atoms with E-state index in [4.69, 9.17) is 10.8 Å². The smallest absolute Gasteiger partial charge is 0.339 e. The van der Waals surface area contributed by atoms with E-state index in [-0.39, 0.29) is 35.2 Å². The summed E-state index contributed by atoms with van der Waals surface area (Å²) in [6.07, 6.45) is 10.7. The maximum atomic E-state index is 12.0. The van der Waals surface area contributed by atoms with Gasteiger partial charge in [-0.15, -0.1) is 0 Å². The van der Waals surface area contributed by atoms with Gasteiger partial charge in [0.2, 0.25) is 11.8 Å². The van der Waals surface area contributed by atoms with Crippen LogP contribution in [0, 0.1) is 5.92 Å². The lowest BCUT2D eigenvalue weighted by Gasteiger charge is -2.20. The molecule has 0 aliphatic heterocycles. The number of nitrogens with zero attached hydrogens (tertiary/aromatic N) is 1. The van der Waals surface area contributed by atoms with Gasteiger partial charge in [0.1, 0.15) is 5.56 Å². The number of hydrogen-bond acceptors (Lipinski definition) is 5. The molecule has 148 valence electrons. The van der Waals surface area contributed by atoms with E-state index in [0.29, 0.717) is 31.7 Å². The topological polar surface area (TPSA) is 134 Å². The van der Waals surface area contributed by atoms with Gasteiger partial charge in [-0.1, -0.05) is 19.3 Å². The molecule has 1 heterocycles. The normalized spacial score (nSPS) is 14.5. The van der Waals surface area contributed by atoms with E-state index in [2.05, 4.69) is 15.6 Å². The monoisotopic (exact) mass is 376 g/mol. The van der Waals surface area contributed by atoms with E-state index in [9.17, 15) is 14.4 Å². The molecule has 27 heavy (non-hydrogen) atoms. The van der Waals surface area contributed by atoms with Gasteiger partial charge in [0.05, 0.1) is 17.6 Å². The van der Waals surface area contributed by atoms with Gasteiger partial charge in [-0.3, -0.25) is 14.6 Å². The number of aromatic nitrogens is 1. The maximum Gasteiger partial charge on any atom is 0.339 e. The zero-order chi connectivity index (χ0) is 19.6. The molecule has 5 N–H and O–H groups in total. The number of aromatic carboxylic acids is 1. The number of pyridine rings is 1. The summed E-state index contributed by atoms with van der Waals surface area (Å²) in [5.74, 6) is -0.847. The molecule has 2 rings (SSSR count). The third-order valence-corrected chi connectivity index (χ3v) is 4.84. The molecule has 0 saturated heterocycles. The second kappa shape index (κ2) is 10.5. The van der Waals surface area contributed by atoms with Crippen molar-refractivity contribution in [2.24, 2.45) is 5.92 Å². The van der Waals surface area contributed by atoms with Crippen LogP contribution in [0.2, 0.25) is 0 Å². The van der Waals surface area contributed by atoms with Crippen LogP contribution in [-0.2, 0) is 9.59 Å². The van der Waals surface area contributed by atoms with E-state index in [1.54, 1.807) is 0 Å². The fourth-order valence-electron chi connectivity index (χ4n) is 3.32. The number of carbonyl (C=O) groups is 3. The van der Waals surface area contributed by atoms with Crippen molar-refractivity contribution in [3.8, 4) is 0 Å². The van der Waals surface area contributed by atoms with E-state index >= 15 is 0 Å². The van der Waals surface area contributed by atoms with Crippen LogP contribution in [0.1, 0.15) is 68.1 Å². The number of rotatable bonds is 9. The molecule has 1 aliphatic carbocycles. The summed E-state index contributed by atoms with van der Waals surface area (Å²) in [7, 11) is 0. The molecule has 1 aromatic rings. The number of hydrogen-bond donors (Lipinski definition) is 4. The first kappa shape index (κ1) is 20.7. The quantitative estimate of drug-likeness (QED) is 0.489. The molecule has 8 nitrogen and oxygen atoms in total. The molecule has 1 aromatic heterocycles. The summed E-state index contributed by atoms with van der Waals surface area (Å²) < 4.78 is 0. The third-order valence-electron chi connectivity index (χ3n) is 4.84. The number of nitrogen functional groups attached to an aromatic ring is 1. The van der Waals surface area contributed by atoms with Crippen LogP contribution in [0.25, 0.3) is 0 Å². The third kappa shape index (κ3) is 6.88. The number of carboxylic acid groups (broad SMARTS) is 1. The molecule has 0 bridgehead atoms. The van der Waals surface area contributed by atoms with Crippen LogP contribution < -0.4 is 16.4 Å². The Morgan fingerprint density at radius 1 is 1.11 bits per heavy atom. The van der Waals surface area contributed by atoms with Gasteiger partial charge < -0.3 is 21.5 Å². The number of nitrogens with two attached hydrogens (primary N) is 1. The maximum absolute atomic E-state index is 12.0. The van der Waals surface area contributed by atoms with Crippen LogP contribution in [-0.4, -0.2) is 34.4 Å². The molecular formula is C19H28N4O4. The average molecular weight is 376 g/mol. The lowest BCUT2D eigenvalue weighted by Crippen LogP contribution is -2.27. The highest BCUT2D eigenvalue weighted by molar-refractivity contribution is 6.00. The van der Waals surface area contributed by atoms with Crippen LogP contribution in [0.5, 0.6) is 0 Å². The Balaban J connectivity index is 1.63. The Labute approximate surface area is 158 Å². The molecule has 0 unspecified atom stereocenters. The highest BCUT2D eigenvalue weighted by atomic mass is 16.4. The summed E-state index contributed by atoms with van der Waals surface area (Å²) in [4.78, 5) is 38.7. The summed E-state index contributed by atoms with van der Waals surface area (Å²) >= 11 is 0. The zero-order valence-corrected chi connectivity index (χ0v) is 15.5. The summed E-state index contributed by atoms with van der Waals surface area (Å²) in [6.45, 7) is 0.553. The first-order valence-corrected chi connectivity index (χ1v) is 9.50. The van der Waals surface area contributed by atoms with Crippen molar-refractivity contribution in [3.63, 3.8) is 0 Å². The second-order valence-corrected chi connectivity index (χ2v) is 7.02. The van der Waals surface area contributed by atoms with Gasteiger partial charge in [-0.2, -0.15) is 0 Å². The first-order valence-electron chi connectivity index (χ1n) is 9.50. The molecular weight excluding hydrogens is 348 g/mol. The van der Waals surface area contributed by atoms with Gasteiger partial charge in [0.25, 0.3) is 0 Å². The Morgan fingerprint density at radius 2 is 1.85 bits per heavy atom. The Bertz CT molecular complexity index is 672. The highest BCUT2D eigenvalue weighted by Crippen LogP contribution is 2.26. The van der Waals surface area contributed by atoms with Crippen molar-refractivity contribution in [2.75, 3.05) is 17.6 Å². The van der Waals surface area contributed by atoms with Gasteiger partial charge in [-0.25, -0.2) is 4.79 Å². The van der Waals surface area contributed by atoms with E-state index in [0.717, 1.165) is 19.0 Å². The molecule has 0 aromatic carbocycles. The number of nitrogens with one attached hydrogen (secondary N) is 2. The summed E-state index contributed by atoms with van der Waals surface area (Å²) in [5, 5.41) is 14.5. The SMILES string of the molecule is Nc1c(NC(=O)CCCCNC(=O)CC2CCCCC2)cncc1C(=O)O. The van der Waals surface area contributed by atoms with Gasteiger partial charge in [-0.05, 0) is 31.6 Å². The molecule has 8 heteroatoms. The van der Waals surface area contributed by atoms with Gasteiger partial charge >= 0.3 is 5.97 Å². The molecule has 1 aliphatic rings. The lowest BCUT2D eigenvalue weighted by molar-refractivity contribution is -0.122.